The van der Waals surface area contributed by atoms with E-state index in [4.69, 9.17) is 0 Å². The van der Waals surface area contributed by atoms with Gasteiger partial charge in [0, 0.05) is 43.5 Å². The molecule has 0 radical (unpaired) electrons. The molecule has 0 aliphatic carbocycles. The fourth-order valence-corrected chi connectivity index (χ4v) is 3.32. The number of aliphatic imine (C=N–C) groups is 1. The molecule has 1 heterocycles. The lowest BCUT2D eigenvalue weighted by Crippen LogP contribution is -2.43. The molecule has 1 unspecified atom stereocenters. The van der Waals surface area contributed by atoms with Gasteiger partial charge < -0.3 is 16.0 Å². The van der Waals surface area contributed by atoms with Gasteiger partial charge in [-0.3, -0.25) is 14.5 Å². The molecule has 8 heteroatoms. The van der Waals surface area contributed by atoms with Crippen LogP contribution in [0.1, 0.15) is 60.6 Å². The van der Waals surface area contributed by atoms with Gasteiger partial charge in [-0.05, 0) is 71.2 Å². The van der Waals surface area contributed by atoms with Gasteiger partial charge in [0.1, 0.15) is 0 Å². The van der Waals surface area contributed by atoms with Gasteiger partial charge >= 0.3 is 0 Å². The van der Waals surface area contributed by atoms with Crippen molar-refractivity contribution in [3.63, 3.8) is 0 Å². The normalized spacial score (nSPS) is 12.7. The number of aromatic nitrogens is 2. The van der Waals surface area contributed by atoms with E-state index in [1.165, 1.54) is 11.3 Å². The summed E-state index contributed by atoms with van der Waals surface area (Å²) in [5, 5.41) is 14.3. The van der Waals surface area contributed by atoms with E-state index in [2.05, 4.69) is 39.9 Å². The molecular weight excluding hydrogens is 503 g/mol. The van der Waals surface area contributed by atoms with E-state index in [9.17, 15) is 4.79 Å². The zero-order valence-electron chi connectivity index (χ0n) is 20.0. The van der Waals surface area contributed by atoms with Crippen LogP contribution >= 0.6 is 24.0 Å². The van der Waals surface area contributed by atoms with Gasteiger partial charge in [0.2, 0.25) is 0 Å². The summed E-state index contributed by atoms with van der Waals surface area (Å²) in [5.74, 6) is 0.661. The predicted molar refractivity (Wildman–Crippen MR) is 138 cm³/mol. The van der Waals surface area contributed by atoms with Gasteiger partial charge in [-0.1, -0.05) is 12.1 Å². The Morgan fingerprint density at radius 2 is 1.94 bits per heavy atom. The van der Waals surface area contributed by atoms with Gasteiger partial charge in [0.25, 0.3) is 5.91 Å². The Morgan fingerprint density at radius 1 is 1.26 bits per heavy atom. The van der Waals surface area contributed by atoms with Crippen LogP contribution in [0.5, 0.6) is 0 Å². The average Bonchev–Trinajstić information content (AvgIpc) is 2.90. The number of amides is 1. The standard InChI is InChI=1S/C23H36N6O.HI/c1-15(12-20-16(2)28-29(8)17(20)3)26-22(24-7)25-14-18-10-9-11-19(13-18)21(30)27-23(4,5)6;/h9-11,13,15H,12,14H2,1-8H3,(H,27,30)(H2,24,25,26);1H. The molecule has 1 aromatic carbocycles. The summed E-state index contributed by atoms with van der Waals surface area (Å²) >= 11 is 0. The fourth-order valence-electron chi connectivity index (χ4n) is 3.32. The van der Waals surface area contributed by atoms with Crippen molar-refractivity contribution in [3.05, 3.63) is 52.3 Å². The fraction of sp³-hybridized carbons (Fsp3) is 0.522. The Balaban J connectivity index is 0.00000480. The van der Waals surface area contributed by atoms with Crippen molar-refractivity contribution in [1.82, 2.24) is 25.7 Å². The zero-order valence-corrected chi connectivity index (χ0v) is 22.3. The summed E-state index contributed by atoms with van der Waals surface area (Å²) in [6.45, 7) is 12.8. The molecule has 0 saturated heterocycles. The second-order valence-corrected chi connectivity index (χ2v) is 8.85. The second-order valence-electron chi connectivity index (χ2n) is 8.85. The molecule has 1 amide bonds. The number of hydrogen-bond acceptors (Lipinski definition) is 3. The van der Waals surface area contributed by atoms with Crippen LogP contribution in [0.15, 0.2) is 29.3 Å². The number of guanidine groups is 1. The first-order chi connectivity index (χ1) is 14.0. The van der Waals surface area contributed by atoms with Crippen molar-refractivity contribution in [2.75, 3.05) is 7.05 Å². The van der Waals surface area contributed by atoms with Gasteiger partial charge in [-0.25, -0.2) is 0 Å². The first kappa shape index (κ1) is 26.9. The average molecular weight is 540 g/mol. The van der Waals surface area contributed by atoms with Gasteiger partial charge in [0.15, 0.2) is 5.96 Å². The molecule has 1 atom stereocenters. The molecule has 3 N–H and O–H groups in total. The highest BCUT2D eigenvalue weighted by Gasteiger charge is 2.16. The van der Waals surface area contributed by atoms with Gasteiger partial charge in [-0.15, -0.1) is 24.0 Å². The maximum Gasteiger partial charge on any atom is 0.251 e. The summed E-state index contributed by atoms with van der Waals surface area (Å²) in [5.41, 5.74) is 4.93. The lowest BCUT2D eigenvalue weighted by atomic mass is 10.1. The lowest BCUT2D eigenvalue weighted by molar-refractivity contribution is 0.0919. The molecule has 1 aromatic heterocycles. The predicted octanol–water partition coefficient (Wildman–Crippen LogP) is 3.48. The number of aryl methyl sites for hydroxylation is 2. The molecule has 7 nitrogen and oxygen atoms in total. The third-order valence-electron chi connectivity index (χ3n) is 4.91. The van der Waals surface area contributed by atoms with E-state index in [0.717, 1.165) is 23.6 Å². The number of nitrogens with zero attached hydrogens (tertiary/aromatic N) is 3. The summed E-state index contributed by atoms with van der Waals surface area (Å²) in [4.78, 5) is 16.7. The summed E-state index contributed by atoms with van der Waals surface area (Å²) < 4.78 is 1.92. The van der Waals surface area contributed by atoms with Crippen molar-refractivity contribution in [2.45, 2.75) is 66.1 Å². The van der Waals surface area contributed by atoms with Crippen LogP contribution in [0.4, 0.5) is 0 Å². The molecule has 0 aliphatic heterocycles. The Labute approximate surface area is 203 Å². The van der Waals surface area contributed by atoms with Crippen LogP contribution in [0.3, 0.4) is 0 Å². The number of benzene rings is 1. The Morgan fingerprint density at radius 3 is 2.48 bits per heavy atom. The summed E-state index contributed by atoms with van der Waals surface area (Å²) in [6.07, 6.45) is 0.870. The van der Waals surface area contributed by atoms with Crippen LogP contribution in [0.2, 0.25) is 0 Å². The maximum atomic E-state index is 12.4. The van der Waals surface area contributed by atoms with E-state index in [1.807, 2.05) is 63.7 Å². The van der Waals surface area contributed by atoms with Crippen molar-refractivity contribution >= 4 is 35.8 Å². The SMILES string of the molecule is CN=C(NCc1cccc(C(=O)NC(C)(C)C)c1)NC(C)Cc1c(C)nn(C)c1C.I. The van der Waals surface area contributed by atoms with Crippen molar-refractivity contribution in [2.24, 2.45) is 12.0 Å². The van der Waals surface area contributed by atoms with Crippen molar-refractivity contribution in [3.8, 4) is 0 Å². The molecule has 2 rings (SSSR count). The highest BCUT2D eigenvalue weighted by atomic mass is 127. The Hall–Kier alpha value is -2.10. The van der Waals surface area contributed by atoms with Crippen LogP contribution < -0.4 is 16.0 Å². The molecule has 0 saturated carbocycles. The second kappa shape index (κ2) is 11.5. The third-order valence-corrected chi connectivity index (χ3v) is 4.91. The first-order valence-electron chi connectivity index (χ1n) is 10.4. The van der Waals surface area contributed by atoms with Crippen LogP contribution in [0, 0.1) is 13.8 Å². The largest absolute Gasteiger partial charge is 0.354 e. The van der Waals surface area contributed by atoms with Crippen LogP contribution in [-0.2, 0) is 20.0 Å². The molecule has 2 aromatic rings. The lowest BCUT2D eigenvalue weighted by Gasteiger charge is -2.21. The van der Waals surface area contributed by atoms with E-state index < -0.39 is 0 Å². The van der Waals surface area contributed by atoms with Crippen LogP contribution in [0.25, 0.3) is 0 Å². The quantitative estimate of drug-likeness (QED) is 0.298. The van der Waals surface area contributed by atoms with E-state index in [-0.39, 0.29) is 41.5 Å². The highest BCUT2D eigenvalue weighted by molar-refractivity contribution is 14.0. The number of hydrogen-bond donors (Lipinski definition) is 3. The number of halogens is 1. The zero-order chi connectivity index (χ0) is 22.5. The van der Waals surface area contributed by atoms with E-state index >= 15 is 0 Å². The van der Waals surface area contributed by atoms with Crippen molar-refractivity contribution in [1.29, 1.82) is 0 Å². The van der Waals surface area contributed by atoms with Gasteiger partial charge in [0.05, 0.1) is 5.69 Å². The molecule has 0 spiro atoms. The molecule has 0 bridgehead atoms. The van der Waals surface area contributed by atoms with E-state index in [0.29, 0.717) is 12.1 Å². The topological polar surface area (TPSA) is 83.3 Å². The summed E-state index contributed by atoms with van der Waals surface area (Å²) in [6, 6.07) is 7.84. The highest BCUT2D eigenvalue weighted by Crippen LogP contribution is 2.14. The first-order valence-corrected chi connectivity index (χ1v) is 10.4. The minimum Gasteiger partial charge on any atom is -0.354 e. The Bertz CT molecular complexity index is 913. The molecule has 31 heavy (non-hydrogen) atoms. The van der Waals surface area contributed by atoms with Crippen LogP contribution in [-0.4, -0.2) is 40.3 Å². The van der Waals surface area contributed by atoms with E-state index in [1.54, 1.807) is 7.05 Å². The molecule has 172 valence electrons. The van der Waals surface area contributed by atoms with Gasteiger partial charge in [-0.2, -0.15) is 5.10 Å². The van der Waals surface area contributed by atoms with Crippen molar-refractivity contribution < 1.29 is 4.79 Å². The summed E-state index contributed by atoms with van der Waals surface area (Å²) in [7, 11) is 3.73. The third kappa shape index (κ3) is 8.16. The number of rotatable bonds is 6. The molecule has 0 aliphatic rings. The molecule has 0 fully saturated rings. The number of carbonyl (C=O) groups excluding carboxylic acids is 1. The monoisotopic (exact) mass is 540 g/mol. The Kier molecular flexibility index (Phi) is 9.99. The number of nitrogens with one attached hydrogen (secondary N) is 3. The minimum atomic E-state index is -0.265. The minimum absolute atomic E-state index is 0. The smallest absolute Gasteiger partial charge is 0.251 e. The number of carbonyl (C=O) groups is 1. The molecular formula is C23H37IN6O. The maximum absolute atomic E-state index is 12.4.